The number of anilines is 1. The third-order valence-electron chi connectivity index (χ3n) is 5.66. The van der Waals surface area contributed by atoms with E-state index in [0.717, 1.165) is 11.8 Å². The second-order valence-corrected chi connectivity index (χ2v) is 8.85. The van der Waals surface area contributed by atoms with Gasteiger partial charge in [0.25, 0.3) is 6.20 Å². The maximum atomic E-state index is 12.6. The number of rotatable bonds is 9. The molecule has 1 aliphatic rings. The van der Waals surface area contributed by atoms with Crippen LogP contribution in [0.2, 0.25) is 0 Å². The molecule has 3 heterocycles. The second kappa shape index (κ2) is 12.2. The maximum Gasteiger partial charge on any atom is 0.324 e. The SMILES string of the molecule is COc1cc(-c2c(C#N)c(N)nc(SC/C([O-])=N\c3c[n+](N4CCOCC4)no3)c2C#N)cc(OC)c1OC. The Balaban J connectivity index is 1.66. The van der Waals surface area contributed by atoms with E-state index in [1.807, 2.05) is 11.1 Å². The molecule has 0 bridgehead atoms. The number of morpholine rings is 1. The molecule has 1 saturated heterocycles. The lowest BCUT2D eigenvalue weighted by molar-refractivity contribution is -0.759. The predicted molar refractivity (Wildman–Crippen MR) is 136 cm³/mol. The Morgan fingerprint density at radius 2 is 1.82 bits per heavy atom. The van der Waals surface area contributed by atoms with Crippen molar-refractivity contribution in [2.75, 3.05) is 64.1 Å². The van der Waals surface area contributed by atoms with Gasteiger partial charge >= 0.3 is 5.88 Å². The molecule has 0 saturated carbocycles. The summed E-state index contributed by atoms with van der Waals surface area (Å²) in [6.45, 7) is 2.36. The third-order valence-corrected chi connectivity index (χ3v) is 6.62. The van der Waals surface area contributed by atoms with Crippen LogP contribution in [0.5, 0.6) is 17.2 Å². The van der Waals surface area contributed by atoms with Crippen LogP contribution in [0, 0.1) is 22.7 Å². The van der Waals surface area contributed by atoms with E-state index in [1.54, 1.807) is 12.1 Å². The van der Waals surface area contributed by atoms with Gasteiger partial charge in [0.05, 0.1) is 58.0 Å². The summed E-state index contributed by atoms with van der Waals surface area (Å²) in [5.41, 5.74) is 6.79. The first kappa shape index (κ1) is 27.3. The summed E-state index contributed by atoms with van der Waals surface area (Å²) < 4.78 is 26.7. The van der Waals surface area contributed by atoms with Crippen molar-refractivity contribution in [3.8, 4) is 40.5 Å². The number of thioether (sulfide) groups is 1. The van der Waals surface area contributed by atoms with Crippen molar-refractivity contribution in [2.45, 2.75) is 5.03 Å². The van der Waals surface area contributed by atoms with Crippen molar-refractivity contribution in [2.24, 2.45) is 4.99 Å². The van der Waals surface area contributed by atoms with Gasteiger partial charge in [-0.15, -0.1) is 5.01 Å². The molecule has 1 fully saturated rings. The van der Waals surface area contributed by atoms with Crippen molar-refractivity contribution in [1.82, 2.24) is 10.3 Å². The highest BCUT2D eigenvalue weighted by Crippen LogP contribution is 2.44. The Kier molecular flexibility index (Phi) is 8.55. The predicted octanol–water partition coefficient (Wildman–Crippen LogP) is 0.526. The Morgan fingerprint density at radius 3 is 2.41 bits per heavy atom. The number of nitrogens with two attached hydrogens (primary N) is 1. The Bertz CT molecular complexity index is 1450. The minimum Gasteiger partial charge on any atom is -0.861 e. The molecule has 15 heteroatoms. The monoisotopic (exact) mass is 552 g/mol. The average molecular weight is 553 g/mol. The minimum absolute atomic E-state index is 0.00415. The molecule has 39 heavy (non-hydrogen) atoms. The highest BCUT2D eigenvalue weighted by molar-refractivity contribution is 8.00. The molecule has 0 aliphatic carbocycles. The van der Waals surface area contributed by atoms with Gasteiger partial charge in [0.2, 0.25) is 11.0 Å². The number of nitrogens with zero attached hydrogens (tertiary/aromatic N) is 7. The van der Waals surface area contributed by atoms with Gasteiger partial charge < -0.3 is 29.8 Å². The van der Waals surface area contributed by atoms with Crippen molar-refractivity contribution < 1.29 is 33.4 Å². The van der Waals surface area contributed by atoms with Crippen LogP contribution in [0.3, 0.4) is 0 Å². The van der Waals surface area contributed by atoms with Crippen LogP contribution in [0.25, 0.3) is 11.1 Å². The normalized spacial score (nSPS) is 13.5. The van der Waals surface area contributed by atoms with Crippen LogP contribution in [-0.4, -0.2) is 69.5 Å². The molecule has 0 unspecified atom stereocenters. The molecule has 4 rings (SSSR count). The Labute approximate surface area is 227 Å². The molecule has 0 radical (unpaired) electrons. The van der Waals surface area contributed by atoms with Gasteiger partial charge in [-0.2, -0.15) is 10.5 Å². The number of aliphatic imine (C=N–C) groups is 1. The molecule has 1 aliphatic heterocycles. The first-order chi connectivity index (χ1) is 18.9. The van der Waals surface area contributed by atoms with Crippen molar-refractivity contribution in [3.63, 3.8) is 0 Å². The van der Waals surface area contributed by atoms with Gasteiger partial charge in [-0.1, -0.05) is 11.8 Å². The van der Waals surface area contributed by atoms with E-state index in [-0.39, 0.29) is 39.2 Å². The van der Waals surface area contributed by atoms with Gasteiger partial charge in [0.1, 0.15) is 28.5 Å². The van der Waals surface area contributed by atoms with Crippen LogP contribution in [0.4, 0.5) is 11.7 Å². The molecule has 0 atom stereocenters. The molecule has 2 N–H and O–H groups in total. The van der Waals surface area contributed by atoms with Gasteiger partial charge in [0.15, 0.2) is 11.5 Å². The van der Waals surface area contributed by atoms with E-state index < -0.39 is 5.90 Å². The number of nitrogen functional groups attached to an aromatic ring is 1. The number of hydrogen-bond donors (Lipinski definition) is 1. The molecular formula is C24H24N8O6S. The van der Waals surface area contributed by atoms with Gasteiger partial charge in [0, 0.05) is 11.3 Å². The summed E-state index contributed by atoms with van der Waals surface area (Å²) in [6.07, 6.45) is 1.50. The third kappa shape index (κ3) is 5.74. The van der Waals surface area contributed by atoms with Gasteiger partial charge in [-0.3, -0.25) is 4.52 Å². The summed E-state index contributed by atoms with van der Waals surface area (Å²) >= 11 is 0.954. The number of hydrogen-bond acceptors (Lipinski definition) is 14. The molecular weight excluding hydrogens is 528 g/mol. The van der Waals surface area contributed by atoms with Crippen LogP contribution in [0.1, 0.15) is 11.1 Å². The lowest BCUT2D eigenvalue weighted by Gasteiger charge is -2.18. The summed E-state index contributed by atoms with van der Waals surface area (Å²) in [7, 11) is 4.36. The quantitative estimate of drug-likeness (QED) is 0.167. The van der Waals surface area contributed by atoms with E-state index in [9.17, 15) is 15.6 Å². The smallest absolute Gasteiger partial charge is 0.324 e. The fourth-order valence-electron chi connectivity index (χ4n) is 3.87. The average Bonchev–Trinajstić information content (AvgIpc) is 3.43. The van der Waals surface area contributed by atoms with Crippen LogP contribution < -0.4 is 34.9 Å². The van der Waals surface area contributed by atoms with Gasteiger partial charge in [-0.05, 0) is 23.6 Å². The molecule has 14 nitrogen and oxygen atoms in total. The summed E-state index contributed by atoms with van der Waals surface area (Å²) in [4.78, 5) is 9.63. The highest BCUT2D eigenvalue weighted by atomic mass is 32.2. The number of pyridine rings is 1. The standard InChI is InChI=1S/C24H24N8O6S/c1-34-17-8-14(9-18(35-2)22(17)36-3)21-15(10-25)23(27)29-24(16(21)11-26)39-13-19(33)28-20-12-32(30-38-20)31-4-6-37-7-5-31/h8-9,12H,4-7,13H2,1-3H3,(H2-,27,28,29,30,33). The zero-order valence-corrected chi connectivity index (χ0v) is 22.1. The van der Waals surface area contributed by atoms with Gasteiger partial charge in [-0.25, -0.2) is 9.98 Å². The number of ether oxygens (including phenoxy) is 4. The van der Waals surface area contributed by atoms with E-state index >= 15 is 0 Å². The Hall–Kier alpha value is -4.73. The summed E-state index contributed by atoms with van der Waals surface area (Å²) in [5.74, 6) is 0.172. The lowest BCUT2D eigenvalue weighted by atomic mass is 9.96. The fraction of sp³-hybridized carbons (Fsp3) is 0.333. The van der Waals surface area contributed by atoms with Crippen LogP contribution in [-0.2, 0) is 4.74 Å². The zero-order valence-electron chi connectivity index (χ0n) is 21.3. The number of aromatic nitrogens is 3. The first-order valence-corrected chi connectivity index (χ1v) is 12.5. The second-order valence-electron chi connectivity index (χ2n) is 7.89. The first-order valence-electron chi connectivity index (χ1n) is 11.5. The van der Waals surface area contributed by atoms with Crippen molar-refractivity contribution in [3.05, 3.63) is 29.5 Å². The maximum absolute atomic E-state index is 12.6. The molecule has 1 aromatic carbocycles. The number of benzene rings is 1. The Morgan fingerprint density at radius 1 is 1.15 bits per heavy atom. The zero-order chi connectivity index (χ0) is 27.9. The minimum atomic E-state index is -0.548. The molecule has 3 aromatic rings. The summed E-state index contributed by atoms with van der Waals surface area (Å²) in [6, 6.07) is 7.30. The molecule has 2 aromatic heterocycles. The van der Waals surface area contributed by atoms with E-state index in [0.29, 0.717) is 49.1 Å². The summed E-state index contributed by atoms with van der Waals surface area (Å²) in [5, 5.41) is 38.4. The fourth-order valence-corrected chi connectivity index (χ4v) is 4.65. The molecule has 202 valence electrons. The van der Waals surface area contributed by atoms with E-state index in [1.165, 1.54) is 32.3 Å². The number of methoxy groups -OCH3 is 3. The molecule has 0 amide bonds. The number of nitriles is 2. The molecule has 0 spiro atoms. The van der Waals surface area contributed by atoms with Crippen LogP contribution >= 0.6 is 11.8 Å². The van der Waals surface area contributed by atoms with E-state index in [2.05, 4.69) is 21.3 Å². The highest BCUT2D eigenvalue weighted by Gasteiger charge is 2.25. The van der Waals surface area contributed by atoms with Crippen molar-refractivity contribution >= 4 is 29.4 Å². The topological polar surface area (TPSA) is 192 Å². The van der Waals surface area contributed by atoms with Crippen LogP contribution in [0.15, 0.2) is 32.9 Å². The lowest BCUT2D eigenvalue weighted by Crippen LogP contribution is -2.62. The van der Waals surface area contributed by atoms with E-state index in [4.69, 9.17) is 29.2 Å². The largest absolute Gasteiger partial charge is 0.861 e. The van der Waals surface area contributed by atoms with Crippen molar-refractivity contribution in [1.29, 1.82) is 10.5 Å².